The maximum absolute atomic E-state index is 13.2. The van der Waals surface area contributed by atoms with E-state index in [4.69, 9.17) is 9.84 Å². The van der Waals surface area contributed by atoms with Gasteiger partial charge in [0.25, 0.3) is 5.91 Å². The molecule has 1 aliphatic rings. The predicted molar refractivity (Wildman–Crippen MR) is 121 cm³/mol. The van der Waals surface area contributed by atoms with Gasteiger partial charge in [-0.05, 0) is 39.9 Å². The number of nitrogens with one attached hydrogen (secondary N) is 3. The molecular formula is C25H20FN3O6. The molecule has 1 unspecified atom stereocenters. The molecule has 0 spiro atoms. The Labute approximate surface area is 198 Å². The lowest BCUT2D eigenvalue weighted by molar-refractivity contribution is -0.151. The number of carbonyl (C=O) groups is 4. The van der Waals surface area contributed by atoms with Crippen molar-refractivity contribution < 1.29 is 33.4 Å². The second-order valence-corrected chi connectivity index (χ2v) is 7.70. The number of rotatable bonds is 5. The van der Waals surface area contributed by atoms with Gasteiger partial charge in [-0.15, -0.1) is 0 Å². The molecule has 0 aliphatic heterocycles. The minimum atomic E-state index is -1.81. The van der Waals surface area contributed by atoms with Gasteiger partial charge in [-0.3, -0.25) is 15.0 Å². The van der Waals surface area contributed by atoms with Crippen molar-refractivity contribution in [2.45, 2.75) is 12.0 Å². The first kappa shape index (κ1) is 23.4. The van der Waals surface area contributed by atoms with Crippen LogP contribution in [0, 0.1) is 5.82 Å². The highest BCUT2D eigenvalue weighted by Gasteiger charge is 2.30. The van der Waals surface area contributed by atoms with Crippen LogP contribution in [0.5, 0.6) is 0 Å². The number of amides is 3. The topological polar surface area (TPSA) is 134 Å². The Morgan fingerprint density at radius 1 is 0.857 bits per heavy atom. The minimum Gasteiger partial charge on any atom is -0.474 e. The fourth-order valence-electron chi connectivity index (χ4n) is 3.97. The molecular weight excluding hydrogens is 457 g/mol. The van der Waals surface area contributed by atoms with Crippen molar-refractivity contribution in [1.82, 2.24) is 16.2 Å². The van der Waals surface area contributed by atoms with Crippen molar-refractivity contribution in [2.75, 3.05) is 6.61 Å². The van der Waals surface area contributed by atoms with E-state index in [1.807, 2.05) is 53.8 Å². The molecule has 178 valence electrons. The quantitative estimate of drug-likeness (QED) is 0.330. The lowest BCUT2D eigenvalue weighted by atomic mass is 9.98. The highest BCUT2D eigenvalue weighted by molar-refractivity contribution is 6.32. The number of hydrazine groups is 1. The summed E-state index contributed by atoms with van der Waals surface area (Å²) < 4.78 is 18.6. The molecule has 0 saturated carbocycles. The Morgan fingerprint density at radius 2 is 1.43 bits per heavy atom. The van der Waals surface area contributed by atoms with Crippen LogP contribution in [-0.4, -0.2) is 35.6 Å². The number of carbonyl (C=O) groups excluding carboxylic acids is 3. The predicted octanol–water partition coefficient (Wildman–Crippen LogP) is 2.64. The van der Waals surface area contributed by atoms with Crippen molar-refractivity contribution in [3.8, 4) is 11.1 Å². The van der Waals surface area contributed by atoms with Gasteiger partial charge in [-0.25, -0.2) is 19.4 Å². The fraction of sp³-hybridized carbons (Fsp3) is 0.120. The maximum atomic E-state index is 13.2. The Kier molecular flexibility index (Phi) is 6.72. The third-order valence-corrected chi connectivity index (χ3v) is 5.57. The average molecular weight is 477 g/mol. The van der Waals surface area contributed by atoms with Crippen LogP contribution < -0.4 is 16.2 Å². The Balaban J connectivity index is 1.39. The van der Waals surface area contributed by atoms with Gasteiger partial charge in [-0.2, -0.15) is 0 Å². The van der Waals surface area contributed by atoms with E-state index in [0.717, 1.165) is 34.4 Å². The van der Waals surface area contributed by atoms with E-state index >= 15 is 0 Å². The second-order valence-electron chi connectivity index (χ2n) is 7.70. The smallest absolute Gasteiger partial charge is 0.426 e. The molecule has 4 rings (SSSR count). The largest absolute Gasteiger partial charge is 0.474 e. The van der Waals surface area contributed by atoms with Gasteiger partial charge in [0, 0.05) is 5.92 Å². The van der Waals surface area contributed by atoms with Gasteiger partial charge in [0.1, 0.15) is 18.5 Å². The number of benzene rings is 3. The van der Waals surface area contributed by atoms with Crippen molar-refractivity contribution in [3.63, 3.8) is 0 Å². The average Bonchev–Trinajstić information content (AvgIpc) is 3.18. The van der Waals surface area contributed by atoms with Crippen molar-refractivity contribution >= 4 is 23.9 Å². The van der Waals surface area contributed by atoms with Crippen molar-refractivity contribution in [1.29, 1.82) is 0 Å². The number of hydrogen-bond acceptors (Lipinski definition) is 5. The first-order valence-electron chi connectivity index (χ1n) is 10.5. The zero-order valence-electron chi connectivity index (χ0n) is 18.2. The van der Waals surface area contributed by atoms with Crippen LogP contribution in [0.1, 0.15) is 28.7 Å². The molecule has 1 atom stereocenters. The molecule has 0 radical (unpaired) electrons. The minimum absolute atomic E-state index is 0.00682. The molecule has 0 fully saturated rings. The number of carboxylic acids is 1. The molecule has 3 aromatic carbocycles. The molecule has 1 aliphatic carbocycles. The van der Waals surface area contributed by atoms with E-state index in [9.17, 15) is 23.6 Å². The Bertz CT molecular complexity index is 1250. The number of halogens is 1. The van der Waals surface area contributed by atoms with Gasteiger partial charge in [0.05, 0.1) is 0 Å². The van der Waals surface area contributed by atoms with Crippen LogP contribution in [0.4, 0.5) is 9.18 Å². The number of carboxylic acid groups (broad SMARTS) is 1. The zero-order valence-corrected chi connectivity index (χ0v) is 18.2. The molecule has 10 heteroatoms. The number of fused-ring (bicyclic) bond motifs is 3. The lowest BCUT2D eigenvalue weighted by Crippen LogP contribution is -2.49. The summed E-state index contributed by atoms with van der Waals surface area (Å²) in [6.07, 6.45) is -0.956. The van der Waals surface area contributed by atoms with E-state index in [1.165, 1.54) is 12.1 Å². The lowest BCUT2D eigenvalue weighted by Gasteiger charge is -2.19. The molecule has 3 aromatic rings. The normalized spacial score (nSPS) is 12.6. The summed E-state index contributed by atoms with van der Waals surface area (Å²) in [5.74, 6) is -5.00. The summed E-state index contributed by atoms with van der Waals surface area (Å²) in [5, 5.41) is 10.9. The molecule has 0 saturated heterocycles. The molecule has 35 heavy (non-hydrogen) atoms. The maximum Gasteiger partial charge on any atom is 0.426 e. The SMILES string of the molecule is O=C(NNC(=O)C(NC(=O)C(=O)O)c1ccc(F)cc1)OCC1c2ccccc2-c2ccccc21. The molecule has 0 aromatic heterocycles. The summed E-state index contributed by atoms with van der Waals surface area (Å²) in [6, 6.07) is 18.6. The van der Waals surface area contributed by atoms with Crippen LogP contribution in [0.2, 0.25) is 0 Å². The molecule has 9 nitrogen and oxygen atoms in total. The van der Waals surface area contributed by atoms with E-state index in [1.54, 1.807) is 0 Å². The molecule has 0 heterocycles. The summed E-state index contributed by atoms with van der Waals surface area (Å²) in [5.41, 5.74) is 8.42. The van der Waals surface area contributed by atoms with E-state index in [-0.39, 0.29) is 18.1 Å². The molecule has 3 amide bonds. The molecule has 4 N–H and O–H groups in total. The summed E-state index contributed by atoms with van der Waals surface area (Å²) in [4.78, 5) is 47.4. The van der Waals surface area contributed by atoms with Crippen LogP contribution in [0.15, 0.2) is 72.8 Å². The summed E-state index contributed by atoms with van der Waals surface area (Å²) in [7, 11) is 0. The van der Waals surface area contributed by atoms with Crippen LogP contribution in [0.3, 0.4) is 0 Å². The van der Waals surface area contributed by atoms with Gasteiger partial charge in [0.15, 0.2) is 0 Å². The Morgan fingerprint density at radius 3 is 2.00 bits per heavy atom. The summed E-state index contributed by atoms with van der Waals surface area (Å²) >= 11 is 0. The first-order chi connectivity index (χ1) is 16.8. The fourth-order valence-corrected chi connectivity index (χ4v) is 3.97. The highest BCUT2D eigenvalue weighted by Crippen LogP contribution is 2.44. The monoisotopic (exact) mass is 477 g/mol. The van der Waals surface area contributed by atoms with Gasteiger partial charge >= 0.3 is 18.0 Å². The highest BCUT2D eigenvalue weighted by atomic mass is 19.1. The molecule has 0 bridgehead atoms. The van der Waals surface area contributed by atoms with Crippen molar-refractivity contribution in [2.24, 2.45) is 0 Å². The number of ether oxygens (including phenoxy) is 1. The van der Waals surface area contributed by atoms with E-state index in [2.05, 4.69) is 10.9 Å². The standard InChI is InChI=1S/C25H20FN3O6/c26-15-11-9-14(10-12-15)21(27-23(31)24(32)33)22(30)28-29-25(34)35-13-20-18-7-3-1-5-16(18)17-6-2-4-8-19(17)20/h1-12,20-21H,13H2,(H,27,31)(H,28,30)(H,29,34)(H,32,33). The first-order valence-corrected chi connectivity index (χ1v) is 10.5. The third-order valence-electron chi connectivity index (χ3n) is 5.57. The van der Waals surface area contributed by atoms with Crippen LogP contribution in [0.25, 0.3) is 11.1 Å². The third kappa shape index (κ3) is 5.11. The van der Waals surface area contributed by atoms with Crippen molar-refractivity contribution in [3.05, 3.63) is 95.3 Å². The van der Waals surface area contributed by atoms with E-state index in [0.29, 0.717) is 0 Å². The van der Waals surface area contributed by atoms with E-state index < -0.39 is 35.7 Å². The van der Waals surface area contributed by atoms with Gasteiger partial charge < -0.3 is 15.2 Å². The van der Waals surface area contributed by atoms with Gasteiger partial charge in [0.2, 0.25) is 0 Å². The van der Waals surface area contributed by atoms with Crippen LogP contribution >= 0.6 is 0 Å². The van der Waals surface area contributed by atoms with Gasteiger partial charge in [-0.1, -0.05) is 60.7 Å². The summed E-state index contributed by atoms with van der Waals surface area (Å²) in [6.45, 7) is 0.00682. The number of hydrogen-bond donors (Lipinski definition) is 4. The zero-order chi connectivity index (χ0) is 24.9. The second kappa shape index (κ2) is 10.0. The Hall–Kier alpha value is -4.73. The van der Waals surface area contributed by atoms with Crippen LogP contribution in [-0.2, 0) is 19.1 Å². The number of aliphatic carboxylic acids is 1.